The van der Waals surface area contributed by atoms with Crippen molar-refractivity contribution in [1.82, 2.24) is 5.32 Å². The minimum Gasteiger partial charge on any atom is -0.386 e. The van der Waals surface area contributed by atoms with Crippen molar-refractivity contribution in [2.45, 2.75) is 18.9 Å². The maximum Gasteiger partial charge on any atom is 0.220 e. The first-order chi connectivity index (χ1) is 11.0. The van der Waals surface area contributed by atoms with E-state index in [0.29, 0.717) is 11.4 Å². The maximum absolute atomic E-state index is 13.5. The Hall–Kier alpha value is -1.98. The van der Waals surface area contributed by atoms with Gasteiger partial charge >= 0.3 is 0 Å². The van der Waals surface area contributed by atoms with Crippen LogP contribution in [0.4, 0.5) is 8.78 Å². The Labute approximate surface area is 137 Å². The topological polar surface area (TPSA) is 49.3 Å². The molecule has 2 N–H and O–H groups in total. The normalized spacial score (nSPS) is 12.0. The second-order valence-electron chi connectivity index (χ2n) is 5.05. The van der Waals surface area contributed by atoms with Gasteiger partial charge in [0.2, 0.25) is 5.91 Å². The molecule has 1 amide bonds. The predicted octanol–water partition coefficient (Wildman–Crippen LogP) is 3.40. The Balaban J connectivity index is 1.86. The van der Waals surface area contributed by atoms with E-state index in [0.717, 1.165) is 17.7 Å². The highest BCUT2D eigenvalue weighted by atomic mass is 35.5. The lowest BCUT2D eigenvalue weighted by molar-refractivity contribution is -0.121. The van der Waals surface area contributed by atoms with Crippen LogP contribution in [0.1, 0.15) is 23.7 Å². The lowest BCUT2D eigenvalue weighted by atomic mass is 10.1. The van der Waals surface area contributed by atoms with Gasteiger partial charge in [0.15, 0.2) is 0 Å². The van der Waals surface area contributed by atoms with Gasteiger partial charge in [-0.2, -0.15) is 0 Å². The molecule has 0 aliphatic heterocycles. The van der Waals surface area contributed by atoms with E-state index >= 15 is 0 Å². The summed E-state index contributed by atoms with van der Waals surface area (Å²) < 4.78 is 27.0. The molecule has 23 heavy (non-hydrogen) atoms. The molecule has 0 aliphatic rings. The van der Waals surface area contributed by atoms with Crippen LogP contribution in [0.25, 0.3) is 0 Å². The summed E-state index contributed by atoms with van der Waals surface area (Å²) in [6, 6.07) is 10.5. The summed E-state index contributed by atoms with van der Waals surface area (Å²) in [6.07, 6.45) is -0.841. The Kier molecular flexibility index (Phi) is 6.07. The number of benzene rings is 2. The number of amides is 1. The molecule has 2 rings (SSSR count). The van der Waals surface area contributed by atoms with Gasteiger partial charge in [-0.3, -0.25) is 4.79 Å². The molecule has 0 saturated heterocycles. The van der Waals surface area contributed by atoms with Crippen LogP contribution < -0.4 is 5.32 Å². The van der Waals surface area contributed by atoms with E-state index in [4.69, 9.17) is 11.6 Å². The minimum absolute atomic E-state index is 0.163. The number of nitrogens with one attached hydrogen (secondary N) is 1. The molecule has 0 saturated carbocycles. The maximum atomic E-state index is 13.5. The van der Waals surface area contributed by atoms with Gasteiger partial charge in [0.05, 0.1) is 5.56 Å². The quantitative estimate of drug-likeness (QED) is 0.847. The summed E-state index contributed by atoms with van der Waals surface area (Å²) >= 11 is 6.00. The third kappa shape index (κ3) is 4.74. The van der Waals surface area contributed by atoms with Crippen molar-refractivity contribution >= 4 is 17.5 Å². The van der Waals surface area contributed by atoms with Crippen molar-refractivity contribution in [3.05, 3.63) is 70.2 Å². The number of aryl methyl sites for hydroxylation is 1. The number of hydrogen-bond donors (Lipinski definition) is 2. The molecule has 0 aliphatic carbocycles. The fourth-order valence-electron chi connectivity index (χ4n) is 2.18. The molecule has 3 nitrogen and oxygen atoms in total. The summed E-state index contributed by atoms with van der Waals surface area (Å²) in [6.45, 7) is -0.265. The summed E-state index contributed by atoms with van der Waals surface area (Å²) in [7, 11) is 0. The highest BCUT2D eigenvalue weighted by molar-refractivity contribution is 6.31. The molecule has 0 radical (unpaired) electrons. The van der Waals surface area contributed by atoms with Crippen molar-refractivity contribution in [2.75, 3.05) is 6.54 Å². The molecule has 1 atom stereocenters. The first kappa shape index (κ1) is 17.4. The number of aliphatic hydroxyl groups is 1. The van der Waals surface area contributed by atoms with Crippen molar-refractivity contribution in [1.29, 1.82) is 0 Å². The van der Waals surface area contributed by atoms with Gasteiger partial charge < -0.3 is 10.4 Å². The summed E-state index contributed by atoms with van der Waals surface area (Å²) in [5, 5.41) is 12.9. The number of carbonyl (C=O) groups is 1. The van der Waals surface area contributed by atoms with E-state index in [1.54, 1.807) is 12.1 Å². The van der Waals surface area contributed by atoms with Gasteiger partial charge in [0, 0.05) is 18.0 Å². The van der Waals surface area contributed by atoms with Gasteiger partial charge in [-0.1, -0.05) is 35.9 Å². The predicted molar refractivity (Wildman–Crippen MR) is 84.1 cm³/mol. The van der Waals surface area contributed by atoms with Crippen LogP contribution in [0.3, 0.4) is 0 Å². The molecule has 2 aromatic carbocycles. The number of halogens is 3. The van der Waals surface area contributed by atoms with Gasteiger partial charge in [-0.25, -0.2) is 8.78 Å². The zero-order valence-electron chi connectivity index (χ0n) is 12.2. The standard InChI is InChI=1S/C17H16ClF2NO2/c18-12-5-2-1-4-11(12)8-9-16(23)21-10-15(22)17-13(19)6-3-7-14(17)20/h1-7,15,22H,8-10H2,(H,21,23). The van der Waals surface area contributed by atoms with Gasteiger partial charge in [-0.05, 0) is 30.2 Å². The molecule has 6 heteroatoms. The lowest BCUT2D eigenvalue weighted by Crippen LogP contribution is -2.29. The highest BCUT2D eigenvalue weighted by Gasteiger charge is 2.18. The molecule has 0 fully saturated rings. The third-order valence-electron chi connectivity index (χ3n) is 3.40. The largest absolute Gasteiger partial charge is 0.386 e. The smallest absolute Gasteiger partial charge is 0.220 e. The second kappa shape index (κ2) is 8.04. The summed E-state index contributed by atoms with van der Waals surface area (Å²) in [5.41, 5.74) is 0.393. The first-order valence-electron chi connectivity index (χ1n) is 7.11. The Morgan fingerprint density at radius 2 is 1.78 bits per heavy atom. The Morgan fingerprint density at radius 1 is 1.13 bits per heavy atom. The SMILES string of the molecule is O=C(CCc1ccccc1Cl)NCC(O)c1c(F)cccc1F. The first-order valence-corrected chi connectivity index (χ1v) is 7.49. The number of carbonyl (C=O) groups excluding carboxylic acids is 1. The molecular weight excluding hydrogens is 324 g/mol. The van der Waals surface area contributed by atoms with E-state index in [1.807, 2.05) is 12.1 Å². The fourth-order valence-corrected chi connectivity index (χ4v) is 2.41. The van der Waals surface area contributed by atoms with Crippen LogP contribution in [0.2, 0.25) is 5.02 Å². The number of aliphatic hydroxyl groups excluding tert-OH is 1. The van der Waals surface area contributed by atoms with Crippen LogP contribution in [-0.2, 0) is 11.2 Å². The van der Waals surface area contributed by atoms with E-state index < -0.39 is 23.3 Å². The fraction of sp³-hybridized carbons (Fsp3) is 0.235. The average molecular weight is 340 g/mol. The number of rotatable bonds is 6. The highest BCUT2D eigenvalue weighted by Crippen LogP contribution is 2.20. The zero-order valence-corrected chi connectivity index (χ0v) is 13.0. The van der Waals surface area contributed by atoms with Crippen LogP contribution in [0, 0.1) is 11.6 Å². The molecule has 122 valence electrons. The molecule has 0 aromatic heterocycles. The van der Waals surface area contributed by atoms with Crippen molar-refractivity contribution in [3.63, 3.8) is 0 Å². The summed E-state index contributed by atoms with van der Waals surface area (Å²) in [5.74, 6) is -2.02. The number of hydrogen-bond acceptors (Lipinski definition) is 2. The Morgan fingerprint density at radius 3 is 2.43 bits per heavy atom. The van der Waals surface area contributed by atoms with E-state index in [2.05, 4.69) is 5.32 Å². The Bertz CT molecular complexity index is 674. The molecule has 0 bridgehead atoms. The molecule has 0 heterocycles. The molecule has 1 unspecified atom stereocenters. The monoisotopic (exact) mass is 339 g/mol. The molecule has 0 spiro atoms. The van der Waals surface area contributed by atoms with Crippen LogP contribution in [-0.4, -0.2) is 17.6 Å². The third-order valence-corrected chi connectivity index (χ3v) is 3.77. The van der Waals surface area contributed by atoms with Crippen molar-refractivity contribution < 1.29 is 18.7 Å². The van der Waals surface area contributed by atoms with Crippen molar-refractivity contribution in [3.8, 4) is 0 Å². The van der Waals surface area contributed by atoms with E-state index in [-0.39, 0.29) is 18.9 Å². The van der Waals surface area contributed by atoms with Crippen molar-refractivity contribution in [2.24, 2.45) is 0 Å². The summed E-state index contributed by atoms with van der Waals surface area (Å²) in [4.78, 5) is 11.8. The van der Waals surface area contributed by atoms with Crippen LogP contribution in [0.15, 0.2) is 42.5 Å². The lowest BCUT2D eigenvalue weighted by Gasteiger charge is -2.14. The molecular formula is C17H16ClF2NO2. The van der Waals surface area contributed by atoms with Gasteiger partial charge in [0.1, 0.15) is 17.7 Å². The van der Waals surface area contributed by atoms with E-state index in [9.17, 15) is 18.7 Å². The second-order valence-corrected chi connectivity index (χ2v) is 5.45. The van der Waals surface area contributed by atoms with Crippen LogP contribution >= 0.6 is 11.6 Å². The van der Waals surface area contributed by atoms with Crippen LogP contribution in [0.5, 0.6) is 0 Å². The minimum atomic E-state index is -1.44. The van der Waals surface area contributed by atoms with E-state index in [1.165, 1.54) is 6.07 Å². The van der Waals surface area contributed by atoms with Gasteiger partial charge in [-0.15, -0.1) is 0 Å². The molecule has 2 aromatic rings. The zero-order chi connectivity index (χ0) is 16.8. The average Bonchev–Trinajstić information content (AvgIpc) is 2.52. The van der Waals surface area contributed by atoms with Gasteiger partial charge in [0.25, 0.3) is 0 Å².